The predicted molar refractivity (Wildman–Crippen MR) is 71.4 cm³/mol. The Morgan fingerprint density at radius 3 is 2.42 bits per heavy atom. The molecule has 1 amide bonds. The highest BCUT2D eigenvalue weighted by Crippen LogP contribution is 2.33. The number of rotatable bonds is 2. The summed E-state index contributed by atoms with van der Waals surface area (Å²) in [5.74, 6) is -0.311. The van der Waals surface area contributed by atoms with Crippen LogP contribution in [0.3, 0.4) is 0 Å². The maximum atomic E-state index is 11.9. The third kappa shape index (κ3) is 1.78. The first-order valence-corrected chi connectivity index (χ1v) is 5.84. The van der Waals surface area contributed by atoms with E-state index in [1.54, 1.807) is 13.2 Å². The van der Waals surface area contributed by atoms with Gasteiger partial charge < -0.3 is 10.1 Å². The monoisotopic (exact) mass is 253 g/mol. The van der Waals surface area contributed by atoms with Gasteiger partial charge in [0.05, 0.1) is 18.4 Å². The first kappa shape index (κ1) is 11.5. The van der Waals surface area contributed by atoms with E-state index in [-0.39, 0.29) is 0 Å². The van der Waals surface area contributed by atoms with E-state index in [4.69, 9.17) is 4.74 Å². The number of anilines is 1. The minimum absolute atomic E-state index is 0.442. The molecule has 3 rings (SSSR count). The van der Waals surface area contributed by atoms with E-state index in [0.717, 1.165) is 16.9 Å². The molecule has 0 aromatic heterocycles. The highest BCUT2D eigenvalue weighted by molar-refractivity contribution is 6.52. The molecule has 0 saturated carbocycles. The first-order chi connectivity index (χ1) is 9.20. The molecule has 0 spiro atoms. The molecular formula is C15H11NO3. The zero-order chi connectivity index (χ0) is 13.4. The van der Waals surface area contributed by atoms with Crippen molar-refractivity contribution in [3.8, 4) is 16.9 Å². The molecule has 2 aromatic rings. The standard InChI is InChI=1S/C15H11NO3/c1-19-10-7-5-9(6-8-10)11-3-2-4-12-13(11)14(17)15(18)16-12/h2-8H,1H3,(H,16,17,18). The highest BCUT2D eigenvalue weighted by atomic mass is 16.5. The van der Waals surface area contributed by atoms with Crippen LogP contribution < -0.4 is 10.1 Å². The van der Waals surface area contributed by atoms with Crippen LogP contribution in [0.2, 0.25) is 0 Å². The van der Waals surface area contributed by atoms with Gasteiger partial charge in [0, 0.05) is 0 Å². The van der Waals surface area contributed by atoms with Crippen molar-refractivity contribution >= 4 is 17.4 Å². The van der Waals surface area contributed by atoms with E-state index in [9.17, 15) is 9.59 Å². The highest BCUT2D eigenvalue weighted by Gasteiger charge is 2.30. The summed E-state index contributed by atoms with van der Waals surface area (Å²) in [4.78, 5) is 23.3. The Bertz CT molecular complexity index is 674. The van der Waals surface area contributed by atoms with E-state index in [1.807, 2.05) is 36.4 Å². The number of carbonyl (C=O) groups excluding carboxylic acids is 2. The van der Waals surface area contributed by atoms with Crippen LogP contribution in [0.4, 0.5) is 5.69 Å². The normalized spacial score (nSPS) is 13.1. The molecular weight excluding hydrogens is 242 g/mol. The molecule has 2 aromatic carbocycles. The molecule has 4 nitrogen and oxygen atoms in total. The number of ether oxygens (including phenoxy) is 1. The van der Waals surface area contributed by atoms with Crippen molar-refractivity contribution in [2.45, 2.75) is 0 Å². The molecule has 0 bridgehead atoms. The van der Waals surface area contributed by atoms with Gasteiger partial charge in [0.15, 0.2) is 0 Å². The van der Waals surface area contributed by atoms with Crippen LogP contribution in [0.25, 0.3) is 11.1 Å². The summed E-state index contributed by atoms with van der Waals surface area (Å²) >= 11 is 0. The van der Waals surface area contributed by atoms with Crippen molar-refractivity contribution in [1.82, 2.24) is 0 Å². The lowest BCUT2D eigenvalue weighted by Gasteiger charge is -2.07. The second-order valence-electron chi connectivity index (χ2n) is 4.24. The van der Waals surface area contributed by atoms with E-state index < -0.39 is 11.7 Å². The van der Waals surface area contributed by atoms with Gasteiger partial charge >= 0.3 is 0 Å². The summed E-state index contributed by atoms with van der Waals surface area (Å²) in [6, 6.07) is 12.8. The maximum Gasteiger partial charge on any atom is 0.296 e. The molecule has 94 valence electrons. The Morgan fingerprint density at radius 2 is 1.74 bits per heavy atom. The summed E-state index contributed by atoms with van der Waals surface area (Å²) in [5.41, 5.74) is 2.65. The summed E-state index contributed by atoms with van der Waals surface area (Å²) in [5, 5.41) is 2.57. The maximum absolute atomic E-state index is 11.9. The van der Waals surface area contributed by atoms with E-state index in [2.05, 4.69) is 5.32 Å². The van der Waals surface area contributed by atoms with Gasteiger partial charge in [-0.15, -0.1) is 0 Å². The summed E-state index contributed by atoms with van der Waals surface area (Å²) in [7, 11) is 1.60. The Hall–Kier alpha value is -2.62. The van der Waals surface area contributed by atoms with Crippen LogP contribution in [-0.2, 0) is 4.79 Å². The van der Waals surface area contributed by atoms with Crippen molar-refractivity contribution in [3.05, 3.63) is 48.0 Å². The molecule has 1 heterocycles. The molecule has 0 fully saturated rings. The number of methoxy groups -OCH3 is 1. The van der Waals surface area contributed by atoms with Gasteiger partial charge in [0.25, 0.3) is 11.7 Å². The van der Waals surface area contributed by atoms with Crippen LogP contribution in [0.15, 0.2) is 42.5 Å². The quantitative estimate of drug-likeness (QED) is 0.836. The fourth-order valence-electron chi connectivity index (χ4n) is 2.20. The van der Waals surface area contributed by atoms with Gasteiger partial charge in [-0.3, -0.25) is 9.59 Å². The van der Waals surface area contributed by atoms with Crippen LogP contribution in [0, 0.1) is 0 Å². The van der Waals surface area contributed by atoms with E-state index >= 15 is 0 Å². The molecule has 1 aliphatic rings. The molecule has 0 atom stereocenters. The number of hydrogen-bond donors (Lipinski definition) is 1. The van der Waals surface area contributed by atoms with Crippen LogP contribution >= 0.6 is 0 Å². The van der Waals surface area contributed by atoms with Gasteiger partial charge in [0.2, 0.25) is 0 Å². The number of hydrogen-bond acceptors (Lipinski definition) is 3. The van der Waals surface area contributed by atoms with Crippen LogP contribution in [0.1, 0.15) is 10.4 Å². The fraction of sp³-hybridized carbons (Fsp3) is 0.0667. The van der Waals surface area contributed by atoms with E-state index in [1.165, 1.54) is 0 Å². The SMILES string of the molecule is COc1ccc(-c2cccc3c2C(=O)C(=O)N3)cc1. The zero-order valence-electron chi connectivity index (χ0n) is 10.3. The Kier molecular flexibility index (Phi) is 2.56. The molecule has 4 heteroatoms. The molecule has 0 saturated heterocycles. The second-order valence-corrected chi connectivity index (χ2v) is 4.24. The molecule has 19 heavy (non-hydrogen) atoms. The van der Waals surface area contributed by atoms with Crippen LogP contribution in [0.5, 0.6) is 5.75 Å². The molecule has 0 aliphatic carbocycles. The van der Waals surface area contributed by atoms with Crippen LogP contribution in [-0.4, -0.2) is 18.8 Å². The van der Waals surface area contributed by atoms with Crippen molar-refractivity contribution < 1.29 is 14.3 Å². The molecule has 1 N–H and O–H groups in total. The predicted octanol–water partition coefficient (Wildman–Crippen LogP) is 2.50. The number of benzene rings is 2. The summed E-state index contributed by atoms with van der Waals surface area (Å²) in [6.07, 6.45) is 0. The van der Waals surface area contributed by atoms with Crippen molar-refractivity contribution in [3.63, 3.8) is 0 Å². The zero-order valence-corrected chi connectivity index (χ0v) is 10.3. The lowest BCUT2D eigenvalue weighted by Crippen LogP contribution is -2.12. The topological polar surface area (TPSA) is 55.4 Å². The van der Waals surface area contributed by atoms with Gasteiger partial charge in [0.1, 0.15) is 5.75 Å². The van der Waals surface area contributed by atoms with Gasteiger partial charge in [-0.05, 0) is 29.3 Å². The Balaban J connectivity index is 2.14. The van der Waals surface area contributed by atoms with Gasteiger partial charge in [-0.1, -0.05) is 24.3 Å². The third-order valence-electron chi connectivity index (χ3n) is 3.15. The Labute approximate surface area is 110 Å². The smallest absolute Gasteiger partial charge is 0.296 e. The number of ketones is 1. The minimum Gasteiger partial charge on any atom is -0.497 e. The number of Topliss-reactive ketones (excluding diaryl/α,β-unsaturated/α-hetero) is 1. The fourth-order valence-corrected chi connectivity index (χ4v) is 2.20. The lowest BCUT2D eigenvalue weighted by molar-refractivity contribution is -0.112. The molecule has 0 unspecified atom stereocenters. The Morgan fingerprint density at radius 1 is 1.00 bits per heavy atom. The third-order valence-corrected chi connectivity index (χ3v) is 3.15. The molecule has 0 radical (unpaired) electrons. The average molecular weight is 253 g/mol. The lowest BCUT2D eigenvalue weighted by atomic mass is 9.97. The van der Waals surface area contributed by atoms with E-state index in [0.29, 0.717) is 11.3 Å². The summed E-state index contributed by atoms with van der Waals surface area (Å²) < 4.78 is 5.10. The minimum atomic E-state index is -0.573. The van der Waals surface area contributed by atoms with Crippen molar-refractivity contribution in [2.75, 3.05) is 12.4 Å². The van der Waals surface area contributed by atoms with Gasteiger partial charge in [-0.2, -0.15) is 0 Å². The van der Waals surface area contributed by atoms with Crippen molar-refractivity contribution in [2.24, 2.45) is 0 Å². The largest absolute Gasteiger partial charge is 0.497 e. The number of carbonyl (C=O) groups is 2. The van der Waals surface area contributed by atoms with Crippen molar-refractivity contribution in [1.29, 1.82) is 0 Å². The second kappa shape index (κ2) is 4.24. The number of nitrogens with one attached hydrogen (secondary N) is 1. The number of amides is 1. The van der Waals surface area contributed by atoms with Gasteiger partial charge in [-0.25, -0.2) is 0 Å². The number of fused-ring (bicyclic) bond motifs is 1. The average Bonchev–Trinajstić information content (AvgIpc) is 2.74. The molecule has 1 aliphatic heterocycles. The summed E-state index contributed by atoms with van der Waals surface area (Å²) in [6.45, 7) is 0. The first-order valence-electron chi connectivity index (χ1n) is 5.84.